The van der Waals surface area contributed by atoms with E-state index >= 15 is 0 Å². The Labute approximate surface area is 134 Å². The van der Waals surface area contributed by atoms with Crippen molar-refractivity contribution in [2.45, 2.75) is 45.7 Å². The third-order valence-electron chi connectivity index (χ3n) is 3.88. The molecule has 2 aromatic rings. The molecule has 1 aliphatic rings. The average Bonchev–Trinajstić information content (AvgIpc) is 3.18. The predicted octanol–water partition coefficient (Wildman–Crippen LogP) is 1.79. The molecule has 3 heterocycles. The van der Waals surface area contributed by atoms with Gasteiger partial charge >= 0.3 is 0 Å². The molecule has 1 N–H and O–H groups in total. The van der Waals surface area contributed by atoms with E-state index in [1.54, 1.807) is 0 Å². The van der Waals surface area contributed by atoms with E-state index in [4.69, 9.17) is 4.52 Å². The lowest BCUT2D eigenvalue weighted by molar-refractivity contribution is -0.114. The van der Waals surface area contributed by atoms with Crippen LogP contribution in [-0.2, 0) is 11.3 Å². The maximum atomic E-state index is 11.1. The molecule has 0 spiro atoms. The van der Waals surface area contributed by atoms with Crippen LogP contribution < -0.4 is 5.32 Å². The van der Waals surface area contributed by atoms with Crippen molar-refractivity contribution in [2.24, 2.45) is 0 Å². The molecule has 23 heavy (non-hydrogen) atoms. The van der Waals surface area contributed by atoms with E-state index in [9.17, 15) is 4.79 Å². The van der Waals surface area contributed by atoms with Gasteiger partial charge in [-0.3, -0.25) is 14.4 Å². The van der Waals surface area contributed by atoms with E-state index in [0.29, 0.717) is 24.3 Å². The van der Waals surface area contributed by atoms with Crippen LogP contribution in [-0.4, -0.2) is 43.8 Å². The van der Waals surface area contributed by atoms with E-state index in [-0.39, 0.29) is 11.8 Å². The van der Waals surface area contributed by atoms with Crippen molar-refractivity contribution in [1.82, 2.24) is 24.8 Å². The van der Waals surface area contributed by atoms with Crippen LogP contribution in [0.15, 0.2) is 16.8 Å². The lowest BCUT2D eigenvalue weighted by Crippen LogP contribution is -2.22. The van der Waals surface area contributed by atoms with Crippen molar-refractivity contribution in [3.05, 3.63) is 24.0 Å². The Morgan fingerprint density at radius 1 is 1.52 bits per heavy atom. The zero-order chi connectivity index (χ0) is 16.4. The predicted molar refractivity (Wildman–Crippen MR) is 83.8 cm³/mol. The largest absolute Gasteiger partial charge is 0.339 e. The fourth-order valence-electron chi connectivity index (χ4n) is 2.73. The van der Waals surface area contributed by atoms with Gasteiger partial charge in [-0.05, 0) is 6.42 Å². The summed E-state index contributed by atoms with van der Waals surface area (Å²) in [6.07, 6.45) is 2.92. The Bertz CT molecular complexity index is 677. The van der Waals surface area contributed by atoms with Crippen LogP contribution in [0.3, 0.4) is 0 Å². The summed E-state index contributed by atoms with van der Waals surface area (Å²) in [5, 5.41) is 11.1. The van der Waals surface area contributed by atoms with Gasteiger partial charge in [0.05, 0.1) is 12.6 Å². The van der Waals surface area contributed by atoms with Crippen molar-refractivity contribution in [3.63, 3.8) is 0 Å². The normalized spacial score (nSPS) is 18.7. The molecule has 1 amide bonds. The average molecular weight is 318 g/mol. The van der Waals surface area contributed by atoms with Crippen molar-refractivity contribution in [2.75, 3.05) is 18.4 Å². The van der Waals surface area contributed by atoms with Gasteiger partial charge in [-0.15, -0.1) is 0 Å². The van der Waals surface area contributed by atoms with Gasteiger partial charge in [-0.1, -0.05) is 19.0 Å². The third-order valence-corrected chi connectivity index (χ3v) is 3.88. The lowest BCUT2D eigenvalue weighted by Gasteiger charge is -2.13. The van der Waals surface area contributed by atoms with Gasteiger partial charge < -0.3 is 9.84 Å². The van der Waals surface area contributed by atoms with Crippen LogP contribution in [0.25, 0.3) is 0 Å². The van der Waals surface area contributed by atoms with E-state index in [0.717, 1.165) is 25.3 Å². The van der Waals surface area contributed by atoms with Crippen molar-refractivity contribution < 1.29 is 9.32 Å². The van der Waals surface area contributed by atoms with Crippen LogP contribution in [0.4, 0.5) is 5.82 Å². The standard InChI is InChI=1S/C15H22N6O2/c1-10(2)15-17-14(19-23-15)9-20-6-4-12(8-20)21-7-5-13(18-21)16-11(3)22/h5,7,10,12H,4,6,8-9H2,1-3H3,(H,16,18,22)/t12-/m0/s1. The van der Waals surface area contributed by atoms with Crippen molar-refractivity contribution in [1.29, 1.82) is 0 Å². The number of carbonyl (C=O) groups is 1. The minimum absolute atomic E-state index is 0.110. The molecule has 0 radical (unpaired) electrons. The van der Waals surface area contributed by atoms with Gasteiger partial charge in [-0.25, -0.2) is 0 Å². The van der Waals surface area contributed by atoms with E-state index in [1.165, 1.54) is 6.92 Å². The zero-order valence-corrected chi connectivity index (χ0v) is 13.7. The molecule has 1 atom stereocenters. The van der Waals surface area contributed by atoms with Crippen LogP contribution in [0, 0.1) is 0 Å². The number of rotatable bonds is 5. The molecule has 0 saturated carbocycles. The number of nitrogens with one attached hydrogen (secondary N) is 1. The number of amides is 1. The molecule has 124 valence electrons. The van der Waals surface area contributed by atoms with Gasteiger partial charge in [0.15, 0.2) is 11.6 Å². The number of likely N-dealkylation sites (tertiary alicyclic amines) is 1. The molecule has 1 aliphatic heterocycles. The highest BCUT2D eigenvalue weighted by Crippen LogP contribution is 2.23. The Hall–Kier alpha value is -2.22. The van der Waals surface area contributed by atoms with Gasteiger partial charge in [0, 0.05) is 38.2 Å². The van der Waals surface area contributed by atoms with Crippen LogP contribution >= 0.6 is 0 Å². The monoisotopic (exact) mass is 318 g/mol. The number of aromatic nitrogens is 4. The van der Waals surface area contributed by atoms with Gasteiger partial charge in [0.2, 0.25) is 11.8 Å². The van der Waals surface area contributed by atoms with Crippen LogP contribution in [0.5, 0.6) is 0 Å². The summed E-state index contributed by atoms with van der Waals surface area (Å²) >= 11 is 0. The summed E-state index contributed by atoms with van der Waals surface area (Å²) in [4.78, 5) is 17.8. The molecule has 1 saturated heterocycles. The number of hydrogen-bond donors (Lipinski definition) is 1. The Morgan fingerprint density at radius 2 is 2.35 bits per heavy atom. The van der Waals surface area contributed by atoms with E-state index in [2.05, 4.69) is 25.5 Å². The number of hydrogen-bond acceptors (Lipinski definition) is 6. The molecule has 0 aromatic carbocycles. The number of nitrogens with zero attached hydrogens (tertiary/aromatic N) is 5. The molecule has 2 aromatic heterocycles. The summed E-state index contributed by atoms with van der Waals surface area (Å²) in [7, 11) is 0. The summed E-state index contributed by atoms with van der Waals surface area (Å²) in [5.41, 5.74) is 0. The molecule has 0 unspecified atom stereocenters. The molecule has 1 fully saturated rings. The lowest BCUT2D eigenvalue weighted by atomic mass is 10.2. The number of anilines is 1. The Kier molecular flexibility index (Phi) is 4.42. The summed E-state index contributed by atoms with van der Waals surface area (Å²) in [6.45, 7) is 8.08. The first-order valence-electron chi connectivity index (χ1n) is 7.89. The second-order valence-electron chi connectivity index (χ2n) is 6.24. The molecular weight excluding hydrogens is 296 g/mol. The molecule has 3 rings (SSSR count). The zero-order valence-electron chi connectivity index (χ0n) is 13.7. The minimum Gasteiger partial charge on any atom is -0.339 e. The maximum Gasteiger partial charge on any atom is 0.229 e. The molecule has 8 nitrogen and oxygen atoms in total. The molecular formula is C15H22N6O2. The van der Waals surface area contributed by atoms with Gasteiger partial charge in [0.1, 0.15) is 0 Å². The second-order valence-corrected chi connectivity index (χ2v) is 6.24. The highest BCUT2D eigenvalue weighted by molar-refractivity contribution is 5.87. The smallest absolute Gasteiger partial charge is 0.229 e. The first kappa shape index (κ1) is 15.7. The first-order chi connectivity index (χ1) is 11.0. The van der Waals surface area contributed by atoms with Gasteiger partial charge in [-0.2, -0.15) is 10.1 Å². The highest BCUT2D eigenvalue weighted by Gasteiger charge is 2.26. The Balaban J connectivity index is 1.57. The molecule has 8 heteroatoms. The fraction of sp³-hybridized carbons (Fsp3) is 0.600. The molecule has 0 bridgehead atoms. The van der Waals surface area contributed by atoms with Crippen molar-refractivity contribution >= 4 is 11.7 Å². The van der Waals surface area contributed by atoms with Gasteiger partial charge in [0.25, 0.3) is 0 Å². The quantitative estimate of drug-likeness (QED) is 0.904. The summed E-state index contributed by atoms with van der Waals surface area (Å²) < 4.78 is 7.16. The van der Waals surface area contributed by atoms with E-state index in [1.807, 2.05) is 30.8 Å². The fourth-order valence-corrected chi connectivity index (χ4v) is 2.73. The Morgan fingerprint density at radius 3 is 3.04 bits per heavy atom. The van der Waals surface area contributed by atoms with E-state index < -0.39 is 0 Å². The second kappa shape index (κ2) is 6.49. The first-order valence-corrected chi connectivity index (χ1v) is 7.89. The molecule has 0 aliphatic carbocycles. The third kappa shape index (κ3) is 3.76. The minimum atomic E-state index is -0.110. The number of carbonyl (C=O) groups excluding carboxylic acids is 1. The highest BCUT2D eigenvalue weighted by atomic mass is 16.5. The maximum absolute atomic E-state index is 11.1. The summed E-state index contributed by atoms with van der Waals surface area (Å²) in [6, 6.07) is 2.12. The summed E-state index contributed by atoms with van der Waals surface area (Å²) in [5.74, 6) is 2.15. The SMILES string of the molecule is CC(=O)Nc1ccn([C@H]2CCN(Cc3noc(C(C)C)n3)C2)n1. The van der Waals surface area contributed by atoms with Crippen LogP contribution in [0.1, 0.15) is 50.9 Å². The van der Waals surface area contributed by atoms with Crippen molar-refractivity contribution in [3.8, 4) is 0 Å². The van der Waals surface area contributed by atoms with Crippen LogP contribution in [0.2, 0.25) is 0 Å². The topological polar surface area (TPSA) is 89.1 Å².